The van der Waals surface area contributed by atoms with E-state index in [1.807, 2.05) is 0 Å². The van der Waals surface area contributed by atoms with Crippen LogP contribution in [0.4, 0.5) is 0 Å². The average Bonchev–Trinajstić information content (AvgIpc) is 3.71. The molecule has 0 saturated carbocycles. The van der Waals surface area contributed by atoms with E-state index < -0.39 is 0 Å². The lowest BCUT2D eigenvalue weighted by Crippen LogP contribution is -2.25. The summed E-state index contributed by atoms with van der Waals surface area (Å²) in [6.45, 7) is 0.868. The van der Waals surface area contributed by atoms with E-state index in [0.29, 0.717) is 0 Å². The second kappa shape index (κ2) is 8.28. The number of hydrogen-bond donors (Lipinski definition) is 0. The standard InChI is InChI=1S/C44H27N/c1-2-12-27(13-3-1)29-24-35-30-15-5-4-14-28(30)26-45-42(35)36(25-29)33-22-23-40-41(43(33)45)34-18-8-11-21-39(34)44(40)37-19-9-6-16-31(37)32-17-7-10-20-38(32)44/h1-25H,26H2. The highest BCUT2D eigenvalue weighted by atomic mass is 15.0. The highest BCUT2D eigenvalue weighted by molar-refractivity contribution is 6.20. The lowest BCUT2D eigenvalue weighted by molar-refractivity contribution is 0.793. The quantitative estimate of drug-likeness (QED) is 0.185. The lowest BCUT2D eigenvalue weighted by Gasteiger charge is -2.30. The molecule has 3 aliphatic rings. The molecule has 0 fully saturated rings. The minimum absolute atomic E-state index is 0.339. The van der Waals surface area contributed by atoms with Crippen molar-refractivity contribution in [2.75, 3.05) is 0 Å². The maximum atomic E-state index is 2.64. The van der Waals surface area contributed by atoms with Crippen LogP contribution in [0.15, 0.2) is 152 Å². The van der Waals surface area contributed by atoms with Gasteiger partial charge in [0.15, 0.2) is 0 Å². The summed E-state index contributed by atoms with van der Waals surface area (Å²) in [6, 6.07) is 56.9. The molecule has 2 aliphatic carbocycles. The molecule has 1 spiro atoms. The number of fused-ring (bicyclic) bond motifs is 16. The van der Waals surface area contributed by atoms with Crippen LogP contribution in [0.5, 0.6) is 0 Å². The molecule has 8 aromatic rings. The van der Waals surface area contributed by atoms with Gasteiger partial charge in [-0.25, -0.2) is 0 Å². The van der Waals surface area contributed by atoms with Gasteiger partial charge < -0.3 is 4.57 Å². The van der Waals surface area contributed by atoms with E-state index in [9.17, 15) is 0 Å². The van der Waals surface area contributed by atoms with Crippen LogP contribution in [-0.2, 0) is 12.0 Å². The van der Waals surface area contributed by atoms with Crippen molar-refractivity contribution in [3.8, 4) is 44.5 Å². The number of rotatable bonds is 1. The van der Waals surface area contributed by atoms with Gasteiger partial charge in [0, 0.05) is 28.4 Å². The predicted molar refractivity (Wildman–Crippen MR) is 186 cm³/mol. The van der Waals surface area contributed by atoms with Crippen LogP contribution in [-0.4, -0.2) is 4.57 Å². The van der Waals surface area contributed by atoms with Crippen LogP contribution >= 0.6 is 0 Å². The Balaban J connectivity index is 1.33. The molecule has 2 heterocycles. The molecule has 0 amide bonds. The maximum absolute atomic E-state index is 2.64. The van der Waals surface area contributed by atoms with E-state index in [-0.39, 0.29) is 5.41 Å². The third-order valence-electron chi connectivity index (χ3n) is 10.8. The Kier molecular flexibility index (Phi) is 4.37. The molecule has 0 unspecified atom stereocenters. The number of hydrogen-bond acceptors (Lipinski definition) is 0. The number of nitrogens with zero attached hydrogens (tertiary/aromatic N) is 1. The minimum Gasteiger partial charge on any atom is -0.335 e. The summed E-state index contributed by atoms with van der Waals surface area (Å²) >= 11 is 0. The summed E-state index contributed by atoms with van der Waals surface area (Å²) in [5, 5.41) is 2.67. The zero-order chi connectivity index (χ0) is 29.3. The van der Waals surface area contributed by atoms with Crippen molar-refractivity contribution in [2.45, 2.75) is 12.0 Å². The molecular formula is C44H27N. The normalized spacial score (nSPS) is 14.3. The van der Waals surface area contributed by atoms with Crippen LogP contribution < -0.4 is 0 Å². The van der Waals surface area contributed by atoms with Gasteiger partial charge in [-0.15, -0.1) is 0 Å². The Labute approximate surface area is 261 Å². The molecule has 1 heteroatoms. The number of aromatic nitrogens is 1. The lowest BCUT2D eigenvalue weighted by atomic mass is 9.70. The Morgan fingerprint density at radius 3 is 1.73 bits per heavy atom. The molecule has 1 aromatic heterocycles. The second-order valence-corrected chi connectivity index (χ2v) is 12.8. The monoisotopic (exact) mass is 569 g/mol. The summed E-state index contributed by atoms with van der Waals surface area (Å²) in [4.78, 5) is 0. The summed E-state index contributed by atoms with van der Waals surface area (Å²) in [5.41, 5.74) is 20.0. The van der Waals surface area contributed by atoms with Crippen LogP contribution in [0.2, 0.25) is 0 Å². The molecule has 0 saturated heterocycles. The highest BCUT2D eigenvalue weighted by Crippen LogP contribution is 2.64. The highest BCUT2D eigenvalue weighted by Gasteiger charge is 2.52. The van der Waals surface area contributed by atoms with Crippen molar-refractivity contribution >= 4 is 21.8 Å². The summed E-state index contributed by atoms with van der Waals surface area (Å²) in [7, 11) is 0. The SMILES string of the molecule is c1ccc(-c2cc3c4c(c2)c2ccc5c(c2n4Cc2ccccc2-3)-c2ccccc2C52c3ccccc3-c3ccccc32)cc1. The van der Waals surface area contributed by atoms with E-state index in [2.05, 4.69) is 156 Å². The van der Waals surface area contributed by atoms with Crippen molar-refractivity contribution < 1.29 is 0 Å². The summed E-state index contributed by atoms with van der Waals surface area (Å²) in [6.07, 6.45) is 0. The van der Waals surface area contributed by atoms with Crippen molar-refractivity contribution in [3.05, 3.63) is 179 Å². The third kappa shape index (κ3) is 2.76. The van der Waals surface area contributed by atoms with Gasteiger partial charge >= 0.3 is 0 Å². The van der Waals surface area contributed by atoms with Gasteiger partial charge in [0.2, 0.25) is 0 Å². The largest absolute Gasteiger partial charge is 0.335 e. The summed E-state index contributed by atoms with van der Waals surface area (Å²) in [5.74, 6) is 0. The molecule has 0 N–H and O–H groups in total. The predicted octanol–water partition coefficient (Wildman–Crippen LogP) is 10.8. The molecule has 0 atom stereocenters. The van der Waals surface area contributed by atoms with Gasteiger partial charge in [-0.1, -0.05) is 140 Å². The molecule has 1 aliphatic heterocycles. The van der Waals surface area contributed by atoms with E-state index in [1.54, 1.807) is 0 Å². The first kappa shape index (κ1) is 23.8. The van der Waals surface area contributed by atoms with Gasteiger partial charge in [-0.3, -0.25) is 0 Å². The van der Waals surface area contributed by atoms with Gasteiger partial charge in [0.25, 0.3) is 0 Å². The third-order valence-corrected chi connectivity index (χ3v) is 10.8. The van der Waals surface area contributed by atoms with Crippen LogP contribution in [0, 0.1) is 0 Å². The zero-order valence-corrected chi connectivity index (χ0v) is 24.6. The molecular weight excluding hydrogens is 542 g/mol. The van der Waals surface area contributed by atoms with Crippen molar-refractivity contribution in [1.82, 2.24) is 4.57 Å². The topological polar surface area (TPSA) is 4.93 Å². The smallest absolute Gasteiger partial charge is 0.0726 e. The Morgan fingerprint density at radius 2 is 1.00 bits per heavy atom. The zero-order valence-electron chi connectivity index (χ0n) is 24.6. The van der Waals surface area contributed by atoms with Crippen LogP contribution in [0.3, 0.4) is 0 Å². The van der Waals surface area contributed by atoms with Crippen LogP contribution in [0.1, 0.15) is 27.8 Å². The van der Waals surface area contributed by atoms with E-state index in [4.69, 9.17) is 0 Å². The molecule has 208 valence electrons. The first-order chi connectivity index (χ1) is 22.3. The van der Waals surface area contributed by atoms with Gasteiger partial charge in [0.05, 0.1) is 16.4 Å². The molecule has 0 bridgehead atoms. The first-order valence-electron chi connectivity index (χ1n) is 15.9. The molecule has 11 rings (SSSR count). The van der Waals surface area contributed by atoms with Crippen LogP contribution in [0.25, 0.3) is 66.3 Å². The second-order valence-electron chi connectivity index (χ2n) is 12.8. The van der Waals surface area contributed by atoms with Crippen molar-refractivity contribution in [3.63, 3.8) is 0 Å². The van der Waals surface area contributed by atoms with Gasteiger partial charge in [-0.05, 0) is 73.3 Å². The fourth-order valence-electron chi connectivity index (χ4n) is 9.16. The van der Waals surface area contributed by atoms with E-state index >= 15 is 0 Å². The van der Waals surface area contributed by atoms with Gasteiger partial charge in [-0.2, -0.15) is 0 Å². The number of benzene rings is 7. The average molecular weight is 570 g/mol. The molecule has 1 nitrogen and oxygen atoms in total. The van der Waals surface area contributed by atoms with E-state index in [0.717, 1.165) is 6.54 Å². The molecule has 0 radical (unpaired) electrons. The summed E-state index contributed by atoms with van der Waals surface area (Å²) < 4.78 is 2.64. The molecule has 45 heavy (non-hydrogen) atoms. The minimum atomic E-state index is -0.339. The van der Waals surface area contributed by atoms with E-state index in [1.165, 1.54) is 94.1 Å². The fourth-order valence-corrected chi connectivity index (χ4v) is 9.16. The van der Waals surface area contributed by atoms with Gasteiger partial charge in [0.1, 0.15) is 0 Å². The Bertz CT molecular complexity index is 2520. The molecule has 7 aromatic carbocycles. The van der Waals surface area contributed by atoms with Crippen molar-refractivity contribution in [1.29, 1.82) is 0 Å². The first-order valence-corrected chi connectivity index (χ1v) is 15.9. The van der Waals surface area contributed by atoms with Crippen molar-refractivity contribution in [2.24, 2.45) is 0 Å². The Hall–Kier alpha value is -5.66. The fraction of sp³-hybridized carbons (Fsp3) is 0.0455. The maximum Gasteiger partial charge on any atom is 0.0726 e. The Morgan fingerprint density at radius 1 is 0.400 bits per heavy atom.